The number of sulfone groups is 1. The van der Waals surface area contributed by atoms with Crippen molar-refractivity contribution in [3.63, 3.8) is 0 Å². The van der Waals surface area contributed by atoms with Gasteiger partial charge in [0.2, 0.25) is 5.91 Å². The topological polar surface area (TPSA) is 76.1 Å². The summed E-state index contributed by atoms with van der Waals surface area (Å²) in [6.07, 6.45) is 8.31. The average Bonchev–Trinajstić information content (AvgIpc) is 3.28. The summed E-state index contributed by atoms with van der Waals surface area (Å²) in [5.74, 6) is 0.420. The zero-order chi connectivity index (χ0) is 18.8. The summed E-state index contributed by atoms with van der Waals surface area (Å²) in [7, 11) is -3.26. The molecule has 0 bridgehead atoms. The summed E-state index contributed by atoms with van der Waals surface area (Å²) >= 11 is 1.39. The maximum absolute atomic E-state index is 13.1. The lowest BCUT2D eigenvalue weighted by atomic mass is 9.74. The summed E-state index contributed by atoms with van der Waals surface area (Å²) < 4.78 is 23.5. The number of nitrogens with zero attached hydrogens (tertiary/aromatic N) is 1. The van der Waals surface area contributed by atoms with Gasteiger partial charge in [-0.2, -0.15) is 0 Å². The van der Waals surface area contributed by atoms with Crippen molar-refractivity contribution < 1.29 is 13.2 Å². The Hall–Kier alpha value is -1.73. The quantitative estimate of drug-likeness (QED) is 0.805. The SMILES string of the molecule is CC(CC1CCCC1)(C(=O)Nc1nccs1)c1ccc(S(C)(=O)=O)cc1. The number of carbonyl (C=O) groups is 1. The van der Waals surface area contributed by atoms with Crippen LogP contribution in [0, 0.1) is 5.92 Å². The first-order chi connectivity index (χ1) is 12.3. The Morgan fingerprint density at radius 2 is 1.92 bits per heavy atom. The molecule has 1 aliphatic rings. The summed E-state index contributed by atoms with van der Waals surface area (Å²) in [4.78, 5) is 17.6. The predicted octanol–water partition coefficient (Wildman–Crippen LogP) is 4.02. The van der Waals surface area contributed by atoms with Crippen LogP contribution in [0.4, 0.5) is 5.13 Å². The second kappa shape index (κ2) is 7.48. The molecule has 140 valence electrons. The van der Waals surface area contributed by atoms with Crippen LogP contribution in [-0.2, 0) is 20.0 Å². The van der Waals surface area contributed by atoms with Gasteiger partial charge in [0.25, 0.3) is 0 Å². The number of hydrogen-bond acceptors (Lipinski definition) is 5. The molecule has 0 aliphatic heterocycles. The third-order valence-electron chi connectivity index (χ3n) is 5.25. The van der Waals surface area contributed by atoms with Crippen LogP contribution >= 0.6 is 11.3 Å². The molecule has 26 heavy (non-hydrogen) atoms. The van der Waals surface area contributed by atoms with Crippen molar-refractivity contribution in [3.8, 4) is 0 Å². The highest BCUT2D eigenvalue weighted by Crippen LogP contribution is 2.39. The van der Waals surface area contributed by atoms with E-state index in [4.69, 9.17) is 0 Å². The van der Waals surface area contributed by atoms with Gasteiger partial charge in [-0.15, -0.1) is 11.3 Å². The molecule has 1 N–H and O–H groups in total. The van der Waals surface area contributed by atoms with Crippen LogP contribution in [0.25, 0.3) is 0 Å². The van der Waals surface area contributed by atoms with Crippen LogP contribution < -0.4 is 5.32 Å². The molecule has 0 spiro atoms. The molecule has 1 saturated carbocycles. The number of rotatable bonds is 6. The minimum absolute atomic E-state index is 0.0912. The number of carbonyl (C=O) groups excluding carboxylic acids is 1. The van der Waals surface area contributed by atoms with E-state index in [1.54, 1.807) is 30.5 Å². The lowest BCUT2D eigenvalue weighted by molar-refractivity contribution is -0.121. The van der Waals surface area contributed by atoms with Crippen molar-refractivity contribution in [1.82, 2.24) is 4.98 Å². The van der Waals surface area contributed by atoms with E-state index in [9.17, 15) is 13.2 Å². The number of anilines is 1. The van der Waals surface area contributed by atoms with Gasteiger partial charge in [0.05, 0.1) is 10.3 Å². The molecule has 1 amide bonds. The molecule has 7 heteroatoms. The molecule has 1 fully saturated rings. The fraction of sp³-hybridized carbons (Fsp3) is 0.474. The van der Waals surface area contributed by atoms with Gasteiger partial charge in [-0.05, 0) is 37.0 Å². The second-order valence-electron chi connectivity index (χ2n) is 7.27. The Bertz CT molecular complexity index is 855. The highest BCUT2D eigenvalue weighted by molar-refractivity contribution is 7.90. The molecule has 1 heterocycles. The minimum atomic E-state index is -3.26. The molecule has 5 nitrogen and oxygen atoms in total. The molecular formula is C19H24N2O3S2. The van der Waals surface area contributed by atoms with Crippen molar-refractivity contribution >= 4 is 32.2 Å². The fourth-order valence-corrected chi connectivity index (χ4v) is 4.88. The van der Waals surface area contributed by atoms with Crippen molar-refractivity contribution in [3.05, 3.63) is 41.4 Å². The standard InChI is InChI=1S/C19H24N2O3S2/c1-19(13-14-5-3-4-6-14,17(22)21-18-20-11-12-25-18)15-7-9-16(10-8-15)26(2,23)24/h7-12,14H,3-6,13H2,1-2H3,(H,20,21,22). The maximum atomic E-state index is 13.1. The third-order valence-corrected chi connectivity index (χ3v) is 7.06. The van der Waals surface area contributed by atoms with Crippen molar-refractivity contribution in [2.45, 2.75) is 49.3 Å². The molecule has 2 aromatic rings. The Morgan fingerprint density at radius 1 is 1.27 bits per heavy atom. The van der Waals surface area contributed by atoms with Gasteiger partial charge in [0, 0.05) is 17.8 Å². The highest BCUT2D eigenvalue weighted by atomic mass is 32.2. The summed E-state index contributed by atoms with van der Waals surface area (Å²) in [6.45, 7) is 1.95. The molecule has 0 radical (unpaired) electrons. The first kappa shape index (κ1) is 19.0. The Balaban J connectivity index is 1.92. The zero-order valence-corrected chi connectivity index (χ0v) is 16.7. The van der Waals surface area contributed by atoms with Gasteiger partial charge in [-0.25, -0.2) is 13.4 Å². The second-order valence-corrected chi connectivity index (χ2v) is 10.2. The number of amides is 1. The van der Waals surface area contributed by atoms with E-state index >= 15 is 0 Å². The lowest BCUT2D eigenvalue weighted by Gasteiger charge is -2.31. The number of aromatic nitrogens is 1. The Kier molecular flexibility index (Phi) is 5.48. The largest absolute Gasteiger partial charge is 0.301 e. The number of thiazole rings is 1. The number of benzene rings is 1. The van der Waals surface area contributed by atoms with Crippen molar-refractivity contribution in [1.29, 1.82) is 0 Å². The van der Waals surface area contributed by atoms with E-state index in [0.29, 0.717) is 11.0 Å². The third kappa shape index (κ3) is 4.15. The van der Waals surface area contributed by atoms with Gasteiger partial charge in [-0.1, -0.05) is 37.8 Å². The first-order valence-electron chi connectivity index (χ1n) is 8.80. The van der Waals surface area contributed by atoms with Crippen LogP contribution in [-0.4, -0.2) is 25.6 Å². The van der Waals surface area contributed by atoms with Crippen LogP contribution in [0.3, 0.4) is 0 Å². The molecule has 1 aromatic heterocycles. The fourth-order valence-electron chi connectivity index (χ4n) is 3.72. The van der Waals surface area contributed by atoms with E-state index in [-0.39, 0.29) is 10.8 Å². The predicted molar refractivity (Wildman–Crippen MR) is 104 cm³/mol. The van der Waals surface area contributed by atoms with Gasteiger partial charge >= 0.3 is 0 Å². The molecule has 3 rings (SSSR count). The van der Waals surface area contributed by atoms with E-state index < -0.39 is 15.3 Å². The molecule has 0 saturated heterocycles. The van der Waals surface area contributed by atoms with E-state index in [1.165, 1.54) is 30.4 Å². The van der Waals surface area contributed by atoms with Gasteiger partial charge in [-0.3, -0.25) is 4.79 Å². The van der Waals surface area contributed by atoms with Gasteiger partial charge < -0.3 is 5.32 Å². The Morgan fingerprint density at radius 3 is 2.46 bits per heavy atom. The summed E-state index contributed by atoms with van der Waals surface area (Å²) in [6, 6.07) is 6.72. The van der Waals surface area contributed by atoms with Crippen molar-refractivity contribution in [2.75, 3.05) is 11.6 Å². The molecular weight excluding hydrogens is 368 g/mol. The lowest BCUT2D eigenvalue weighted by Crippen LogP contribution is -2.39. The van der Waals surface area contributed by atoms with Crippen LogP contribution in [0.15, 0.2) is 40.7 Å². The molecule has 1 aromatic carbocycles. The minimum Gasteiger partial charge on any atom is -0.301 e. The highest BCUT2D eigenvalue weighted by Gasteiger charge is 2.38. The van der Waals surface area contributed by atoms with E-state index in [1.807, 2.05) is 12.3 Å². The normalized spacial score (nSPS) is 17.8. The van der Waals surface area contributed by atoms with Crippen LogP contribution in [0.1, 0.15) is 44.6 Å². The Labute approximate surface area is 158 Å². The maximum Gasteiger partial charge on any atom is 0.236 e. The van der Waals surface area contributed by atoms with E-state index in [0.717, 1.165) is 24.8 Å². The number of nitrogens with one attached hydrogen (secondary N) is 1. The summed E-state index contributed by atoms with van der Waals surface area (Å²) in [5.41, 5.74) is 0.113. The number of hydrogen-bond donors (Lipinski definition) is 1. The van der Waals surface area contributed by atoms with Crippen LogP contribution in [0.2, 0.25) is 0 Å². The van der Waals surface area contributed by atoms with Gasteiger partial charge in [0.15, 0.2) is 15.0 Å². The molecule has 1 aliphatic carbocycles. The van der Waals surface area contributed by atoms with Gasteiger partial charge in [0.1, 0.15) is 0 Å². The molecule has 1 atom stereocenters. The monoisotopic (exact) mass is 392 g/mol. The van der Waals surface area contributed by atoms with E-state index in [2.05, 4.69) is 10.3 Å². The smallest absolute Gasteiger partial charge is 0.236 e. The average molecular weight is 393 g/mol. The van der Waals surface area contributed by atoms with Crippen molar-refractivity contribution in [2.24, 2.45) is 5.92 Å². The van der Waals surface area contributed by atoms with Crippen LogP contribution in [0.5, 0.6) is 0 Å². The molecule has 1 unspecified atom stereocenters. The zero-order valence-electron chi connectivity index (χ0n) is 15.1. The first-order valence-corrected chi connectivity index (χ1v) is 11.6. The summed E-state index contributed by atoms with van der Waals surface area (Å²) in [5, 5.41) is 5.34.